The van der Waals surface area contributed by atoms with Crippen LogP contribution in [0.15, 0.2) is 36.4 Å². The van der Waals surface area contributed by atoms with Crippen molar-refractivity contribution in [3.8, 4) is 0 Å². The van der Waals surface area contributed by atoms with Gasteiger partial charge in [0.1, 0.15) is 22.4 Å². The summed E-state index contributed by atoms with van der Waals surface area (Å²) in [6.45, 7) is 28.6. The molecule has 352 valence electrons. The summed E-state index contributed by atoms with van der Waals surface area (Å²) in [6.07, 6.45) is 4.91. The Morgan fingerprint density at radius 2 is 0.742 bits per heavy atom. The number of rotatable bonds is 24. The van der Waals surface area contributed by atoms with Gasteiger partial charge in [-0.3, -0.25) is 0 Å². The minimum Gasteiger partial charge on any atom is -0.444 e. The third kappa shape index (κ3) is 25.0. The zero-order valence-corrected chi connectivity index (χ0v) is 40.4. The predicted octanol–water partition coefficient (Wildman–Crippen LogP) is 9.66. The van der Waals surface area contributed by atoms with Crippen molar-refractivity contribution >= 4 is 35.1 Å². The Labute approximate surface area is 373 Å². The first-order chi connectivity index (χ1) is 28.9. The van der Waals surface area contributed by atoms with Crippen LogP contribution in [0.3, 0.4) is 0 Å². The van der Waals surface area contributed by atoms with Gasteiger partial charge in [-0.15, -0.1) is 0 Å². The Kier molecular flexibility index (Phi) is 22.9. The average molecular weight is 871 g/mol. The van der Waals surface area contributed by atoms with Gasteiger partial charge >= 0.3 is 24.4 Å². The first-order valence-electron chi connectivity index (χ1n) is 22.7. The molecule has 0 aliphatic rings. The standard InChI is InChI=1S/C48H82N6O8/c1-45(2,3)59-41(55)51-29-17-21-33-53(43(57)61-47(7,8)9)31-19-15-27-49-35-37-25-26-38(40-24-14-13-23-39(37)40)36-50-28-16-20-32-54(44(58)62-48(10,11)12)34-22-18-30-52-42(56)60-46(4,5)6/h13-14,23-26,49-50H,15-22,27-36H2,1-12H3,(H,51,55)(H,52,56). The van der Waals surface area contributed by atoms with E-state index in [4.69, 9.17) is 18.9 Å². The summed E-state index contributed by atoms with van der Waals surface area (Å²) in [5.41, 5.74) is 0.231. The molecule has 0 saturated carbocycles. The Balaban J connectivity index is 1.81. The van der Waals surface area contributed by atoms with Crippen LogP contribution in [0.5, 0.6) is 0 Å². The zero-order valence-electron chi connectivity index (χ0n) is 40.4. The molecule has 0 unspecified atom stereocenters. The van der Waals surface area contributed by atoms with Gasteiger partial charge in [0, 0.05) is 52.4 Å². The number of fused-ring (bicyclic) bond motifs is 1. The van der Waals surface area contributed by atoms with E-state index in [0.717, 1.165) is 77.5 Å². The summed E-state index contributed by atoms with van der Waals surface area (Å²) in [5, 5.41) is 15.2. The number of carbonyl (C=O) groups is 4. The molecule has 4 N–H and O–H groups in total. The average Bonchev–Trinajstić information content (AvgIpc) is 3.13. The third-order valence-electron chi connectivity index (χ3n) is 9.15. The van der Waals surface area contributed by atoms with Crippen LogP contribution in [0.4, 0.5) is 19.2 Å². The van der Waals surface area contributed by atoms with Gasteiger partial charge < -0.3 is 50.0 Å². The second-order valence-corrected chi connectivity index (χ2v) is 19.9. The molecule has 2 aromatic carbocycles. The van der Waals surface area contributed by atoms with Gasteiger partial charge in [-0.05, 0) is 169 Å². The number of benzene rings is 2. The van der Waals surface area contributed by atoms with E-state index < -0.39 is 34.6 Å². The second kappa shape index (κ2) is 26.4. The maximum Gasteiger partial charge on any atom is 0.410 e. The van der Waals surface area contributed by atoms with Gasteiger partial charge in [-0.25, -0.2) is 19.2 Å². The van der Waals surface area contributed by atoms with Crippen LogP contribution in [0, 0.1) is 0 Å². The van der Waals surface area contributed by atoms with Gasteiger partial charge in [0.05, 0.1) is 0 Å². The first-order valence-corrected chi connectivity index (χ1v) is 22.7. The fourth-order valence-electron chi connectivity index (χ4n) is 6.39. The van der Waals surface area contributed by atoms with Crippen molar-refractivity contribution in [2.45, 2.75) is 170 Å². The molecule has 14 heteroatoms. The molecular formula is C48H82N6O8. The molecule has 2 aromatic rings. The van der Waals surface area contributed by atoms with Gasteiger partial charge in [0.15, 0.2) is 0 Å². The highest BCUT2D eigenvalue weighted by Gasteiger charge is 2.23. The van der Waals surface area contributed by atoms with Gasteiger partial charge in [-0.2, -0.15) is 0 Å². The first kappa shape index (κ1) is 53.8. The lowest BCUT2D eigenvalue weighted by molar-refractivity contribution is 0.0233. The minimum atomic E-state index is -0.580. The molecule has 0 aromatic heterocycles. The summed E-state index contributed by atoms with van der Waals surface area (Å²) in [5.74, 6) is 0. The monoisotopic (exact) mass is 871 g/mol. The van der Waals surface area contributed by atoms with Crippen LogP contribution in [0.1, 0.15) is 146 Å². The van der Waals surface area contributed by atoms with Crippen LogP contribution in [-0.4, -0.2) is 109 Å². The number of unbranched alkanes of at least 4 members (excludes halogenated alkanes) is 4. The molecule has 0 heterocycles. The van der Waals surface area contributed by atoms with E-state index in [2.05, 4.69) is 57.7 Å². The molecular weight excluding hydrogens is 789 g/mol. The van der Waals surface area contributed by atoms with E-state index in [9.17, 15) is 19.2 Å². The van der Waals surface area contributed by atoms with Crippen molar-refractivity contribution in [3.63, 3.8) is 0 Å². The largest absolute Gasteiger partial charge is 0.444 e. The van der Waals surface area contributed by atoms with Crippen LogP contribution in [0.25, 0.3) is 10.8 Å². The molecule has 0 spiro atoms. The Morgan fingerprint density at radius 1 is 0.435 bits per heavy atom. The number of alkyl carbamates (subject to hydrolysis) is 2. The highest BCUT2D eigenvalue weighted by Crippen LogP contribution is 2.23. The normalized spacial score (nSPS) is 12.1. The predicted molar refractivity (Wildman–Crippen MR) is 248 cm³/mol. The van der Waals surface area contributed by atoms with Crippen molar-refractivity contribution in [1.29, 1.82) is 0 Å². The maximum absolute atomic E-state index is 13.0. The van der Waals surface area contributed by atoms with Crippen LogP contribution < -0.4 is 21.3 Å². The summed E-state index contributed by atoms with van der Waals surface area (Å²) >= 11 is 0. The second-order valence-electron chi connectivity index (χ2n) is 19.9. The number of nitrogens with zero attached hydrogens (tertiary/aromatic N) is 2. The lowest BCUT2D eigenvalue weighted by Crippen LogP contribution is -2.38. The lowest BCUT2D eigenvalue weighted by atomic mass is 9.99. The number of ether oxygens (including phenoxy) is 4. The molecule has 0 radical (unpaired) electrons. The Hall–Kier alpha value is -4.30. The molecule has 2 rings (SSSR count). The fourth-order valence-corrected chi connectivity index (χ4v) is 6.39. The number of hydrogen-bond donors (Lipinski definition) is 4. The van der Waals surface area contributed by atoms with E-state index in [0.29, 0.717) is 39.3 Å². The summed E-state index contributed by atoms with van der Waals surface area (Å²) in [6, 6.07) is 12.9. The molecule has 4 amide bonds. The van der Waals surface area contributed by atoms with Crippen LogP contribution >= 0.6 is 0 Å². The quantitative estimate of drug-likeness (QED) is 0.0591. The van der Waals surface area contributed by atoms with Crippen molar-refractivity contribution in [3.05, 3.63) is 47.5 Å². The van der Waals surface area contributed by atoms with Crippen molar-refractivity contribution < 1.29 is 38.1 Å². The molecule has 0 atom stereocenters. The highest BCUT2D eigenvalue weighted by atomic mass is 16.6. The molecule has 0 saturated heterocycles. The van der Waals surface area contributed by atoms with Gasteiger partial charge in [0.2, 0.25) is 0 Å². The highest BCUT2D eigenvalue weighted by molar-refractivity contribution is 5.88. The fraction of sp³-hybridized carbons (Fsp3) is 0.708. The molecule has 14 nitrogen and oxygen atoms in total. The van der Waals surface area contributed by atoms with Crippen molar-refractivity contribution in [1.82, 2.24) is 31.1 Å². The SMILES string of the molecule is CC(C)(C)OC(=O)NCCCCN(CCCCNCc1ccc(CNCCCCN(CCCCNC(=O)OC(C)(C)C)C(=O)OC(C)(C)C)c2ccccc12)C(=O)OC(C)(C)C. The molecule has 62 heavy (non-hydrogen) atoms. The Bertz CT molecular complexity index is 1540. The molecule has 0 bridgehead atoms. The number of carbonyl (C=O) groups excluding carboxylic acids is 4. The van der Waals surface area contributed by atoms with Gasteiger partial charge in [0.25, 0.3) is 0 Å². The number of amides is 4. The molecule has 0 aliphatic carbocycles. The summed E-state index contributed by atoms with van der Waals surface area (Å²) in [4.78, 5) is 53.5. The van der Waals surface area contributed by atoms with E-state index in [-0.39, 0.29) is 12.2 Å². The third-order valence-corrected chi connectivity index (χ3v) is 9.15. The van der Waals surface area contributed by atoms with E-state index in [1.54, 1.807) is 9.80 Å². The number of hydrogen-bond acceptors (Lipinski definition) is 10. The topological polar surface area (TPSA) is 160 Å². The molecule has 0 fully saturated rings. The van der Waals surface area contributed by atoms with E-state index in [1.165, 1.54) is 21.9 Å². The lowest BCUT2D eigenvalue weighted by Gasteiger charge is -2.27. The zero-order chi connectivity index (χ0) is 46.4. The summed E-state index contributed by atoms with van der Waals surface area (Å²) < 4.78 is 22.0. The van der Waals surface area contributed by atoms with Crippen LogP contribution in [0.2, 0.25) is 0 Å². The minimum absolute atomic E-state index is 0.314. The van der Waals surface area contributed by atoms with E-state index in [1.807, 2.05) is 83.1 Å². The summed E-state index contributed by atoms with van der Waals surface area (Å²) in [7, 11) is 0. The molecule has 0 aliphatic heterocycles. The van der Waals surface area contributed by atoms with Gasteiger partial charge in [-0.1, -0.05) is 36.4 Å². The van der Waals surface area contributed by atoms with Crippen molar-refractivity contribution in [2.75, 3.05) is 52.4 Å². The smallest absolute Gasteiger partial charge is 0.410 e. The Morgan fingerprint density at radius 3 is 1.05 bits per heavy atom. The van der Waals surface area contributed by atoms with E-state index >= 15 is 0 Å². The maximum atomic E-state index is 13.0. The van der Waals surface area contributed by atoms with Crippen molar-refractivity contribution in [2.24, 2.45) is 0 Å². The van der Waals surface area contributed by atoms with Crippen LogP contribution in [-0.2, 0) is 32.0 Å². The number of nitrogens with one attached hydrogen (secondary N) is 4.